The van der Waals surface area contributed by atoms with E-state index in [9.17, 15) is 0 Å². The molecule has 1 N–H and O–H groups in total. The number of hydrogen-bond donors (Lipinski definition) is 1. The molecule has 7 heteroatoms. The van der Waals surface area contributed by atoms with Crippen LogP contribution in [0.1, 0.15) is 45.8 Å². The Kier molecular flexibility index (Phi) is 8.88. The fraction of sp³-hybridized carbons (Fsp3) is 0.750. The highest BCUT2D eigenvalue weighted by atomic mass is 127. The Hall–Kier alpha value is -0.800. The Morgan fingerprint density at radius 2 is 2.19 bits per heavy atom. The maximum atomic E-state index is 5.92. The minimum absolute atomic E-state index is 0. The van der Waals surface area contributed by atoms with E-state index in [1.54, 1.807) is 6.26 Å². The standard InChI is InChI=1S/C20H33N3O3.HI/c1-4-16(2)22-19(21-10-9-18-8-6-12-24-18)23-11-5-7-17(15-23)20(3)25-13-14-26-20;/h6,8,12,16-17H,4-5,7,9-11,13-15H2,1-3H3,(H,21,22);1H. The summed E-state index contributed by atoms with van der Waals surface area (Å²) >= 11 is 0. The highest BCUT2D eigenvalue weighted by molar-refractivity contribution is 14.0. The minimum Gasteiger partial charge on any atom is -0.469 e. The van der Waals surface area contributed by atoms with Crippen molar-refractivity contribution >= 4 is 29.9 Å². The highest BCUT2D eigenvalue weighted by Gasteiger charge is 2.42. The van der Waals surface area contributed by atoms with Crippen LogP contribution < -0.4 is 5.32 Å². The van der Waals surface area contributed by atoms with Gasteiger partial charge in [-0.1, -0.05) is 6.92 Å². The zero-order valence-corrected chi connectivity index (χ0v) is 19.1. The van der Waals surface area contributed by atoms with Crippen molar-refractivity contribution in [1.82, 2.24) is 10.2 Å². The zero-order valence-electron chi connectivity index (χ0n) is 16.8. The average molecular weight is 491 g/mol. The molecule has 2 saturated heterocycles. The van der Waals surface area contributed by atoms with Gasteiger partial charge in [0.1, 0.15) is 5.76 Å². The van der Waals surface area contributed by atoms with Crippen LogP contribution in [0.5, 0.6) is 0 Å². The summed E-state index contributed by atoms with van der Waals surface area (Å²) in [7, 11) is 0. The highest BCUT2D eigenvalue weighted by Crippen LogP contribution is 2.34. The van der Waals surface area contributed by atoms with Gasteiger partial charge in [0.15, 0.2) is 11.7 Å². The van der Waals surface area contributed by atoms with Gasteiger partial charge in [-0.2, -0.15) is 0 Å². The van der Waals surface area contributed by atoms with Crippen LogP contribution in [-0.2, 0) is 15.9 Å². The van der Waals surface area contributed by atoms with Gasteiger partial charge in [-0.25, -0.2) is 0 Å². The van der Waals surface area contributed by atoms with Crippen LogP contribution in [0.25, 0.3) is 0 Å². The van der Waals surface area contributed by atoms with Crippen molar-refractivity contribution in [2.45, 2.75) is 58.3 Å². The van der Waals surface area contributed by atoms with Crippen molar-refractivity contribution in [3.05, 3.63) is 24.2 Å². The van der Waals surface area contributed by atoms with Crippen LogP contribution in [0.4, 0.5) is 0 Å². The number of nitrogens with one attached hydrogen (secondary N) is 1. The Bertz CT molecular complexity index is 573. The molecule has 0 aromatic carbocycles. The van der Waals surface area contributed by atoms with Crippen molar-refractivity contribution < 1.29 is 13.9 Å². The number of rotatable bonds is 6. The number of piperidine rings is 1. The lowest BCUT2D eigenvalue weighted by molar-refractivity contribution is -0.189. The zero-order chi connectivity index (χ0) is 18.4. The molecule has 2 atom stereocenters. The molecule has 3 heterocycles. The molecule has 154 valence electrons. The van der Waals surface area contributed by atoms with Gasteiger partial charge >= 0.3 is 0 Å². The summed E-state index contributed by atoms with van der Waals surface area (Å²) in [6.07, 6.45) is 5.87. The van der Waals surface area contributed by atoms with Crippen LogP contribution in [-0.4, -0.2) is 55.5 Å². The molecule has 1 aromatic heterocycles. The van der Waals surface area contributed by atoms with Crippen molar-refractivity contribution in [3.63, 3.8) is 0 Å². The van der Waals surface area contributed by atoms with E-state index in [0.717, 1.165) is 57.0 Å². The first-order valence-corrected chi connectivity index (χ1v) is 9.97. The Labute approximate surface area is 180 Å². The number of guanidine groups is 1. The number of likely N-dealkylation sites (tertiary alicyclic amines) is 1. The number of hydrogen-bond acceptors (Lipinski definition) is 4. The molecule has 2 aliphatic heterocycles. The number of halogens is 1. The molecule has 2 aliphatic rings. The van der Waals surface area contributed by atoms with E-state index in [1.165, 1.54) is 0 Å². The summed E-state index contributed by atoms with van der Waals surface area (Å²) in [5.41, 5.74) is 0. The van der Waals surface area contributed by atoms with E-state index in [4.69, 9.17) is 18.9 Å². The second kappa shape index (κ2) is 10.7. The summed E-state index contributed by atoms with van der Waals surface area (Å²) in [5, 5.41) is 3.60. The summed E-state index contributed by atoms with van der Waals surface area (Å²) < 4.78 is 17.3. The third kappa shape index (κ3) is 6.09. The van der Waals surface area contributed by atoms with Gasteiger partial charge in [-0.05, 0) is 45.2 Å². The Balaban J connectivity index is 0.00000261. The van der Waals surface area contributed by atoms with Gasteiger partial charge in [-0.15, -0.1) is 24.0 Å². The molecule has 2 unspecified atom stereocenters. The van der Waals surface area contributed by atoms with E-state index in [1.807, 2.05) is 12.1 Å². The van der Waals surface area contributed by atoms with Crippen molar-refractivity contribution in [2.24, 2.45) is 10.9 Å². The molecule has 0 radical (unpaired) electrons. The van der Waals surface area contributed by atoms with Gasteiger partial charge in [0.05, 0.1) is 19.5 Å². The third-order valence-electron chi connectivity index (χ3n) is 5.51. The number of nitrogens with zero attached hydrogens (tertiary/aromatic N) is 2. The third-order valence-corrected chi connectivity index (χ3v) is 5.51. The molecular weight excluding hydrogens is 457 g/mol. The van der Waals surface area contributed by atoms with Crippen LogP contribution in [0.2, 0.25) is 0 Å². The predicted octanol–water partition coefficient (Wildman–Crippen LogP) is 3.66. The number of ether oxygens (including phenoxy) is 2. The van der Waals surface area contributed by atoms with Gasteiger partial charge in [0.25, 0.3) is 0 Å². The summed E-state index contributed by atoms with van der Waals surface area (Å²) in [4.78, 5) is 7.26. The molecule has 3 rings (SSSR count). The SMILES string of the molecule is CCC(C)NC(=NCCc1ccco1)N1CCCC(C2(C)OCCO2)C1.I. The second-order valence-electron chi connectivity index (χ2n) is 7.49. The number of aliphatic imine (C=N–C) groups is 1. The second-order valence-corrected chi connectivity index (χ2v) is 7.49. The van der Waals surface area contributed by atoms with Crippen molar-refractivity contribution in [2.75, 3.05) is 32.8 Å². The van der Waals surface area contributed by atoms with Crippen LogP contribution in [0, 0.1) is 5.92 Å². The van der Waals surface area contributed by atoms with Crippen LogP contribution in [0.3, 0.4) is 0 Å². The van der Waals surface area contributed by atoms with Gasteiger partial charge in [0.2, 0.25) is 0 Å². The normalized spacial score (nSPS) is 23.7. The first-order chi connectivity index (χ1) is 12.6. The van der Waals surface area contributed by atoms with Gasteiger partial charge < -0.3 is 24.1 Å². The molecule has 6 nitrogen and oxygen atoms in total. The molecular formula is C20H34IN3O3. The maximum Gasteiger partial charge on any atom is 0.194 e. The predicted molar refractivity (Wildman–Crippen MR) is 118 cm³/mol. The first-order valence-electron chi connectivity index (χ1n) is 9.97. The van der Waals surface area contributed by atoms with E-state index in [0.29, 0.717) is 25.2 Å². The Morgan fingerprint density at radius 1 is 1.41 bits per heavy atom. The largest absolute Gasteiger partial charge is 0.469 e. The van der Waals surface area contributed by atoms with E-state index >= 15 is 0 Å². The number of furan rings is 1. The summed E-state index contributed by atoms with van der Waals surface area (Å²) in [6, 6.07) is 4.32. The van der Waals surface area contributed by atoms with Crippen LogP contribution in [0.15, 0.2) is 27.8 Å². The molecule has 1 aromatic rings. The fourth-order valence-corrected chi connectivity index (χ4v) is 3.65. The van der Waals surface area contributed by atoms with Crippen molar-refractivity contribution in [1.29, 1.82) is 0 Å². The maximum absolute atomic E-state index is 5.92. The quantitative estimate of drug-likeness (QED) is 0.374. The summed E-state index contributed by atoms with van der Waals surface area (Å²) in [5.74, 6) is 1.90. The Morgan fingerprint density at radius 3 is 2.85 bits per heavy atom. The smallest absolute Gasteiger partial charge is 0.194 e. The topological polar surface area (TPSA) is 59.2 Å². The van der Waals surface area contributed by atoms with E-state index in [-0.39, 0.29) is 24.0 Å². The molecule has 2 fully saturated rings. The lowest BCUT2D eigenvalue weighted by Crippen LogP contribution is -2.53. The molecule has 0 amide bonds. The lowest BCUT2D eigenvalue weighted by atomic mass is 9.90. The minimum atomic E-state index is -0.450. The molecule has 0 spiro atoms. The summed E-state index contributed by atoms with van der Waals surface area (Å²) in [6.45, 7) is 10.5. The van der Waals surface area contributed by atoms with E-state index < -0.39 is 5.79 Å². The molecule has 27 heavy (non-hydrogen) atoms. The molecule has 0 aliphatic carbocycles. The molecule has 0 bridgehead atoms. The van der Waals surface area contributed by atoms with Gasteiger partial charge in [-0.3, -0.25) is 4.99 Å². The van der Waals surface area contributed by atoms with Crippen LogP contribution >= 0.6 is 24.0 Å². The fourth-order valence-electron chi connectivity index (χ4n) is 3.65. The lowest BCUT2D eigenvalue weighted by Gasteiger charge is -2.41. The first kappa shape index (κ1) is 22.5. The van der Waals surface area contributed by atoms with Crippen molar-refractivity contribution in [3.8, 4) is 0 Å². The average Bonchev–Trinajstić information content (AvgIpc) is 3.33. The van der Waals surface area contributed by atoms with Gasteiger partial charge in [0, 0.05) is 38.0 Å². The molecule has 0 saturated carbocycles. The van der Waals surface area contributed by atoms with E-state index in [2.05, 4.69) is 31.0 Å². The monoisotopic (exact) mass is 491 g/mol.